The minimum absolute atomic E-state index is 0.0380. The Labute approximate surface area is 303 Å². The number of fused-ring (bicyclic) bond motifs is 1. The van der Waals surface area contributed by atoms with Crippen LogP contribution in [0.2, 0.25) is 0 Å². The quantitative estimate of drug-likeness (QED) is 0.181. The van der Waals surface area contributed by atoms with Gasteiger partial charge in [0.25, 0.3) is 0 Å². The smallest absolute Gasteiger partial charge is 0.335 e. The molecule has 52 heavy (non-hydrogen) atoms. The number of ether oxygens (including phenoxy) is 5. The molecule has 286 valence electrons. The number of nitrogens with zero attached hydrogens (tertiary/aromatic N) is 1. The van der Waals surface area contributed by atoms with Crippen LogP contribution in [-0.2, 0) is 33.3 Å². The van der Waals surface area contributed by atoms with Crippen molar-refractivity contribution < 1.29 is 58.8 Å². The van der Waals surface area contributed by atoms with Gasteiger partial charge in [0.05, 0.1) is 42.6 Å². The third-order valence-corrected chi connectivity index (χ3v) is 14.0. The predicted octanol–water partition coefficient (Wildman–Crippen LogP) is 2.25. The molecule has 0 aromatic rings. The lowest BCUT2D eigenvalue weighted by Crippen LogP contribution is -2.61. The number of likely N-dealkylation sites (tertiary alicyclic amines) is 1. The Kier molecular flexibility index (Phi) is 9.41. The van der Waals surface area contributed by atoms with E-state index in [-0.39, 0.29) is 47.4 Å². The van der Waals surface area contributed by atoms with Gasteiger partial charge in [0.15, 0.2) is 6.29 Å². The highest BCUT2D eigenvalue weighted by molar-refractivity contribution is 5.87. The first-order chi connectivity index (χ1) is 24.9. The molecular weight excluding hydrogens is 674 g/mol. The van der Waals surface area contributed by atoms with Gasteiger partial charge in [0.2, 0.25) is 6.29 Å². The number of allylic oxidation sites excluding steroid dienone is 4. The second-order valence-electron chi connectivity index (χ2n) is 16.9. The first kappa shape index (κ1) is 36.2. The van der Waals surface area contributed by atoms with Crippen molar-refractivity contribution in [1.29, 1.82) is 0 Å². The Morgan fingerprint density at radius 2 is 1.85 bits per heavy atom. The van der Waals surface area contributed by atoms with Crippen molar-refractivity contribution in [2.24, 2.45) is 46.3 Å². The van der Waals surface area contributed by atoms with Crippen molar-refractivity contribution in [3.63, 3.8) is 0 Å². The van der Waals surface area contributed by atoms with E-state index in [9.17, 15) is 35.1 Å². The lowest BCUT2D eigenvalue weighted by atomic mass is 9.51. The summed E-state index contributed by atoms with van der Waals surface area (Å²) in [4.78, 5) is 28.5. The van der Waals surface area contributed by atoms with Crippen LogP contribution in [0.4, 0.5) is 0 Å². The Balaban J connectivity index is 0.997. The van der Waals surface area contributed by atoms with Crippen molar-refractivity contribution >= 4 is 11.9 Å². The summed E-state index contributed by atoms with van der Waals surface area (Å²) < 4.78 is 30.2. The second-order valence-corrected chi connectivity index (χ2v) is 16.9. The number of carbonyl (C=O) groups is 2. The topological polar surface area (TPSA) is 185 Å². The molecule has 0 amide bonds. The van der Waals surface area contributed by atoms with Crippen molar-refractivity contribution in [2.75, 3.05) is 40.0 Å². The van der Waals surface area contributed by atoms with E-state index in [2.05, 4.69) is 31.9 Å². The highest BCUT2D eigenvalue weighted by atomic mass is 16.8. The molecule has 13 atom stereocenters. The average Bonchev–Trinajstić information content (AvgIpc) is 3.83. The van der Waals surface area contributed by atoms with Crippen LogP contribution in [0.15, 0.2) is 46.5 Å². The standard InChI is InChI=1S/C39H53NO12/c1-19(2)27-10-11-38(18-50-27)22-7-4-20-5-9-24-25(12-39(38,30(20)24)17-40(3)13-22)35(47)48-16-28-31(42)32(43)33(44)37(51-28)52-36-29-21(14-41)6-8-23(29)26(15-49-36)34(45)46/h6,10,15,19,22-25,28-29,31-33,36-37,41-44H,4-5,7-9,11-14,16-18H2,1-3H3,(H,45,46)/t22-,23-,24-,25-,28-,29-,31-,32+,33-,36+,37+,38+,39-/m1/s1. The number of aliphatic hydroxyl groups excluding tert-OH is 4. The van der Waals surface area contributed by atoms with Crippen LogP contribution in [0.1, 0.15) is 58.8 Å². The predicted molar refractivity (Wildman–Crippen MR) is 183 cm³/mol. The summed E-state index contributed by atoms with van der Waals surface area (Å²) in [7, 11) is 2.19. The van der Waals surface area contributed by atoms with Gasteiger partial charge >= 0.3 is 11.9 Å². The molecule has 1 saturated carbocycles. The number of piperidine rings is 1. The number of aliphatic carboxylic acids is 1. The highest BCUT2D eigenvalue weighted by Crippen LogP contribution is 2.71. The fraction of sp³-hybridized carbons (Fsp3) is 0.744. The van der Waals surface area contributed by atoms with E-state index >= 15 is 0 Å². The molecule has 13 heteroatoms. The average molecular weight is 728 g/mol. The number of carboxylic acid groups (broad SMARTS) is 1. The molecule has 4 heterocycles. The fourth-order valence-electron chi connectivity index (χ4n) is 11.6. The van der Waals surface area contributed by atoms with Gasteiger partial charge in [-0.2, -0.15) is 0 Å². The largest absolute Gasteiger partial charge is 0.497 e. The molecule has 2 saturated heterocycles. The summed E-state index contributed by atoms with van der Waals surface area (Å²) in [5, 5.41) is 52.3. The van der Waals surface area contributed by atoms with E-state index in [0.717, 1.165) is 57.2 Å². The fourth-order valence-corrected chi connectivity index (χ4v) is 11.6. The summed E-state index contributed by atoms with van der Waals surface area (Å²) in [5.41, 5.74) is 3.22. The number of aliphatic hydroxyl groups is 4. The Morgan fingerprint density at radius 3 is 2.56 bits per heavy atom. The number of hydrogen-bond acceptors (Lipinski definition) is 12. The van der Waals surface area contributed by atoms with E-state index in [4.69, 9.17) is 23.7 Å². The molecule has 0 aromatic heterocycles. The van der Waals surface area contributed by atoms with Gasteiger partial charge < -0.3 is 54.1 Å². The van der Waals surface area contributed by atoms with Gasteiger partial charge in [-0.05, 0) is 75.5 Å². The van der Waals surface area contributed by atoms with Crippen LogP contribution >= 0.6 is 0 Å². The number of carbonyl (C=O) groups excluding carboxylic acids is 1. The van der Waals surface area contributed by atoms with E-state index in [0.29, 0.717) is 36.9 Å². The zero-order chi connectivity index (χ0) is 36.7. The van der Waals surface area contributed by atoms with Crippen LogP contribution in [-0.4, -0.2) is 119 Å². The van der Waals surface area contributed by atoms with Crippen LogP contribution in [0.25, 0.3) is 0 Å². The molecule has 13 nitrogen and oxygen atoms in total. The zero-order valence-electron chi connectivity index (χ0n) is 30.2. The lowest BCUT2D eigenvalue weighted by molar-refractivity contribution is -0.340. The molecule has 4 aliphatic carbocycles. The van der Waals surface area contributed by atoms with Crippen molar-refractivity contribution in [1.82, 2.24) is 4.90 Å². The van der Waals surface area contributed by atoms with Crippen LogP contribution in [0.3, 0.4) is 0 Å². The van der Waals surface area contributed by atoms with Gasteiger partial charge in [-0.1, -0.05) is 31.1 Å². The normalized spacial score (nSPS) is 43.9. The Hall–Kier alpha value is -2.78. The molecule has 0 radical (unpaired) electrons. The van der Waals surface area contributed by atoms with E-state index < -0.39 is 54.8 Å². The van der Waals surface area contributed by atoms with Crippen LogP contribution in [0, 0.1) is 46.3 Å². The maximum absolute atomic E-state index is 14.2. The van der Waals surface area contributed by atoms with Gasteiger partial charge in [0.1, 0.15) is 31.0 Å². The summed E-state index contributed by atoms with van der Waals surface area (Å²) in [5.74, 6) is -1.19. The van der Waals surface area contributed by atoms with Crippen molar-refractivity contribution in [2.45, 2.75) is 95.8 Å². The monoisotopic (exact) mass is 727 g/mol. The number of rotatable bonds is 8. The van der Waals surface area contributed by atoms with Gasteiger partial charge in [-0.3, -0.25) is 4.79 Å². The molecule has 2 bridgehead atoms. The number of esters is 1. The summed E-state index contributed by atoms with van der Waals surface area (Å²) in [6, 6.07) is 0. The van der Waals surface area contributed by atoms with Gasteiger partial charge in [-0.15, -0.1) is 0 Å². The van der Waals surface area contributed by atoms with Gasteiger partial charge in [-0.25, -0.2) is 4.79 Å². The number of hydrogen-bond donors (Lipinski definition) is 5. The zero-order valence-corrected chi connectivity index (χ0v) is 30.2. The molecule has 0 unspecified atom stereocenters. The summed E-state index contributed by atoms with van der Waals surface area (Å²) >= 11 is 0. The van der Waals surface area contributed by atoms with E-state index in [1.54, 1.807) is 6.08 Å². The SMILES string of the molecule is CC(C)C1=CC[C@]2(CO1)[C@@H]1CCC3=C4[C@H](CC3)[C@H](C(=O)OC[C@H]3O[C@@H](O[C@@H]5OC=C(C(=O)O)[C@H]6CC=C(CO)[C@@H]56)[C@H](O)[C@@H](O)[C@@H]3O)C[C@@]42CN(C)C1. The summed E-state index contributed by atoms with van der Waals surface area (Å²) in [6.07, 6.45) is 2.36. The Bertz CT molecular complexity index is 1590. The lowest BCUT2D eigenvalue weighted by Gasteiger charge is -2.59. The molecule has 4 aliphatic heterocycles. The van der Waals surface area contributed by atoms with Crippen LogP contribution < -0.4 is 0 Å². The molecule has 8 rings (SSSR count). The maximum Gasteiger partial charge on any atom is 0.335 e. The first-order valence-electron chi connectivity index (χ1n) is 19.0. The minimum atomic E-state index is -1.69. The first-order valence-corrected chi connectivity index (χ1v) is 19.0. The van der Waals surface area contributed by atoms with Crippen LogP contribution in [0.5, 0.6) is 0 Å². The van der Waals surface area contributed by atoms with Crippen molar-refractivity contribution in [3.05, 3.63) is 46.5 Å². The molecule has 8 aliphatic rings. The third kappa shape index (κ3) is 5.52. The summed E-state index contributed by atoms with van der Waals surface area (Å²) in [6.45, 7) is 6.14. The molecule has 0 aromatic carbocycles. The molecule has 2 spiro atoms. The second kappa shape index (κ2) is 13.5. The third-order valence-electron chi connectivity index (χ3n) is 14.0. The maximum atomic E-state index is 14.2. The number of carboxylic acids is 1. The van der Waals surface area contributed by atoms with E-state index in [1.807, 2.05) is 0 Å². The van der Waals surface area contributed by atoms with E-state index in [1.165, 1.54) is 11.1 Å². The van der Waals surface area contributed by atoms with Crippen molar-refractivity contribution in [3.8, 4) is 0 Å². The molecule has 3 fully saturated rings. The highest BCUT2D eigenvalue weighted by Gasteiger charge is 2.69. The molecule has 5 N–H and O–H groups in total. The minimum Gasteiger partial charge on any atom is -0.497 e. The molecular formula is C39H53NO12. The van der Waals surface area contributed by atoms with Gasteiger partial charge in [0, 0.05) is 35.8 Å². The Morgan fingerprint density at radius 1 is 1.06 bits per heavy atom.